The molecule has 0 saturated heterocycles. The molecule has 0 spiro atoms. The van der Waals surface area contributed by atoms with Gasteiger partial charge in [-0.05, 0) is 36.8 Å². The van der Waals surface area contributed by atoms with E-state index in [-0.39, 0.29) is 5.75 Å². The molecule has 1 heterocycles. The number of carbonyl (C=O) groups is 1. The monoisotopic (exact) mass is 370 g/mol. The van der Waals surface area contributed by atoms with Gasteiger partial charge in [0.1, 0.15) is 5.03 Å². The van der Waals surface area contributed by atoms with Crippen LogP contribution in [0.15, 0.2) is 33.8 Å². The maximum Gasteiger partial charge on any atom is 0.313 e. The Bertz CT molecular complexity index is 658. The highest BCUT2D eigenvalue weighted by Gasteiger charge is 2.13. The van der Waals surface area contributed by atoms with E-state index in [0.717, 1.165) is 26.4 Å². The summed E-state index contributed by atoms with van der Waals surface area (Å²) in [6.45, 7) is 2.38. The third-order valence-corrected chi connectivity index (χ3v) is 4.22. The van der Waals surface area contributed by atoms with E-state index < -0.39 is 5.97 Å². The number of nitrogens with zero attached hydrogens (tertiary/aromatic N) is 2. The molecule has 0 radical (unpaired) electrons. The Morgan fingerprint density at radius 1 is 1.48 bits per heavy atom. The number of methoxy groups -OCH3 is 1. The number of rotatable bonds is 6. The molecule has 21 heavy (non-hydrogen) atoms. The van der Waals surface area contributed by atoms with E-state index in [1.807, 2.05) is 31.2 Å². The van der Waals surface area contributed by atoms with E-state index in [1.54, 1.807) is 11.8 Å². The molecule has 0 aliphatic rings. The highest BCUT2D eigenvalue weighted by Crippen LogP contribution is 2.26. The largest absolute Gasteiger partial charge is 0.481 e. The Morgan fingerprint density at radius 2 is 2.24 bits per heavy atom. The third kappa shape index (κ3) is 4.09. The fourth-order valence-corrected chi connectivity index (χ4v) is 3.12. The number of carboxylic acid groups (broad SMARTS) is 1. The average Bonchev–Trinajstić information content (AvgIpc) is 2.79. The summed E-state index contributed by atoms with van der Waals surface area (Å²) >= 11 is 4.68. The van der Waals surface area contributed by atoms with Gasteiger partial charge in [0, 0.05) is 11.6 Å². The van der Waals surface area contributed by atoms with Crippen molar-refractivity contribution in [2.24, 2.45) is 0 Å². The SMILES string of the molecule is COCc1cc(SCC(=O)O)n(-c2ccc(Br)cc2C)n1. The third-order valence-electron chi connectivity index (χ3n) is 2.75. The number of hydrogen-bond donors (Lipinski definition) is 1. The van der Waals surface area contributed by atoms with Crippen LogP contribution in [0.5, 0.6) is 0 Å². The van der Waals surface area contributed by atoms with Gasteiger partial charge in [-0.3, -0.25) is 4.79 Å². The van der Waals surface area contributed by atoms with E-state index in [1.165, 1.54) is 11.8 Å². The van der Waals surface area contributed by atoms with Crippen LogP contribution in [0.25, 0.3) is 5.69 Å². The van der Waals surface area contributed by atoms with Crippen LogP contribution in [0.1, 0.15) is 11.3 Å². The average molecular weight is 371 g/mol. The van der Waals surface area contributed by atoms with Crippen molar-refractivity contribution in [3.8, 4) is 5.69 Å². The molecule has 0 aliphatic heterocycles. The van der Waals surface area contributed by atoms with Crippen molar-refractivity contribution in [1.82, 2.24) is 9.78 Å². The molecule has 0 atom stereocenters. The van der Waals surface area contributed by atoms with Crippen molar-refractivity contribution in [3.63, 3.8) is 0 Å². The zero-order valence-electron chi connectivity index (χ0n) is 11.7. The van der Waals surface area contributed by atoms with Crippen LogP contribution >= 0.6 is 27.7 Å². The number of aliphatic carboxylic acids is 1. The van der Waals surface area contributed by atoms with Gasteiger partial charge in [-0.15, -0.1) is 0 Å². The molecule has 112 valence electrons. The van der Waals surface area contributed by atoms with Crippen LogP contribution < -0.4 is 0 Å². The topological polar surface area (TPSA) is 64.3 Å². The molecule has 1 aromatic heterocycles. The van der Waals surface area contributed by atoms with E-state index in [9.17, 15) is 4.79 Å². The van der Waals surface area contributed by atoms with Crippen LogP contribution in [0, 0.1) is 6.92 Å². The first kappa shape index (κ1) is 16.1. The molecule has 0 amide bonds. The highest BCUT2D eigenvalue weighted by molar-refractivity contribution is 9.10. The summed E-state index contributed by atoms with van der Waals surface area (Å²) in [5.41, 5.74) is 2.75. The van der Waals surface area contributed by atoms with Crippen molar-refractivity contribution >= 4 is 33.7 Å². The lowest BCUT2D eigenvalue weighted by Gasteiger charge is -2.09. The fraction of sp³-hybridized carbons (Fsp3) is 0.286. The molecule has 0 unspecified atom stereocenters. The predicted molar refractivity (Wildman–Crippen MR) is 85.1 cm³/mol. The lowest BCUT2D eigenvalue weighted by atomic mass is 10.2. The minimum atomic E-state index is -0.853. The van der Waals surface area contributed by atoms with Crippen LogP contribution in [0.4, 0.5) is 0 Å². The first-order valence-corrected chi connectivity index (χ1v) is 7.98. The summed E-state index contributed by atoms with van der Waals surface area (Å²) in [7, 11) is 1.61. The van der Waals surface area contributed by atoms with Crippen molar-refractivity contribution in [3.05, 3.63) is 40.0 Å². The molecule has 0 saturated carbocycles. The maximum absolute atomic E-state index is 10.8. The molecule has 1 N–H and O–H groups in total. The number of carboxylic acids is 1. The van der Waals surface area contributed by atoms with Gasteiger partial charge in [-0.2, -0.15) is 5.10 Å². The van der Waals surface area contributed by atoms with E-state index in [0.29, 0.717) is 6.61 Å². The number of benzene rings is 1. The maximum atomic E-state index is 10.8. The van der Waals surface area contributed by atoms with Gasteiger partial charge in [0.25, 0.3) is 0 Å². The molecule has 0 aliphatic carbocycles. The first-order chi connectivity index (χ1) is 10.0. The second kappa shape index (κ2) is 7.11. The summed E-state index contributed by atoms with van der Waals surface area (Å²) in [5, 5.41) is 14.1. The van der Waals surface area contributed by atoms with Crippen LogP contribution in [-0.2, 0) is 16.1 Å². The number of aryl methyl sites for hydroxylation is 1. The number of halogens is 1. The minimum absolute atomic E-state index is 0.00626. The molecular weight excluding hydrogens is 356 g/mol. The van der Waals surface area contributed by atoms with Gasteiger partial charge in [-0.1, -0.05) is 27.7 Å². The zero-order valence-corrected chi connectivity index (χ0v) is 14.1. The van der Waals surface area contributed by atoms with Gasteiger partial charge in [-0.25, -0.2) is 4.68 Å². The number of ether oxygens (including phenoxy) is 1. The number of aromatic nitrogens is 2. The van der Waals surface area contributed by atoms with Crippen molar-refractivity contribution < 1.29 is 14.6 Å². The summed E-state index contributed by atoms with van der Waals surface area (Å²) in [5.74, 6) is -0.859. The second-order valence-electron chi connectivity index (χ2n) is 4.43. The normalized spacial score (nSPS) is 10.8. The van der Waals surface area contributed by atoms with Crippen LogP contribution in [0.3, 0.4) is 0 Å². The van der Waals surface area contributed by atoms with Gasteiger partial charge in [0.15, 0.2) is 0 Å². The Labute approximate surface area is 135 Å². The quantitative estimate of drug-likeness (QED) is 0.790. The van der Waals surface area contributed by atoms with Crippen molar-refractivity contribution in [2.45, 2.75) is 18.6 Å². The Kier molecular flexibility index (Phi) is 5.44. The predicted octanol–water partition coefficient (Wildman–Crippen LogP) is 3.27. The van der Waals surface area contributed by atoms with Gasteiger partial charge < -0.3 is 9.84 Å². The lowest BCUT2D eigenvalue weighted by Crippen LogP contribution is -2.04. The molecule has 0 fully saturated rings. The standard InChI is InChI=1S/C14H15BrN2O3S/c1-9-5-10(15)3-4-12(9)17-13(21-8-14(18)19)6-11(16-17)7-20-2/h3-6H,7-8H2,1-2H3,(H,18,19). The first-order valence-electron chi connectivity index (χ1n) is 6.20. The summed E-state index contributed by atoms with van der Waals surface area (Å²) in [6.07, 6.45) is 0. The van der Waals surface area contributed by atoms with Gasteiger partial charge >= 0.3 is 5.97 Å². The van der Waals surface area contributed by atoms with E-state index >= 15 is 0 Å². The number of thioether (sulfide) groups is 1. The molecule has 7 heteroatoms. The highest BCUT2D eigenvalue weighted by atomic mass is 79.9. The second-order valence-corrected chi connectivity index (χ2v) is 6.34. The Balaban J connectivity index is 2.41. The Morgan fingerprint density at radius 3 is 2.86 bits per heavy atom. The van der Waals surface area contributed by atoms with Gasteiger partial charge in [0.05, 0.1) is 23.7 Å². The van der Waals surface area contributed by atoms with E-state index in [2.05, 4.69) is 21.0 Å². The molecule has 5 nitrogen and oxygen atoms in total. The molecular formula is C14H15BrN2O3S. The summed E-state index contributed by atoms with van der Waals surface area (Å²) in [6, 6.07) is 7.75. The Hall–Kier alpha value is -1.31. The minimum Gasteiger partial charge on any atom is -0.481 e. The van der Waals surface area contributed by atoms with Crippen molar-refractivity contribution in [1.29, 1.82) is 0 Å². The number of hydrogen-bond acceptors (Lipinski definition) is 4. The van der Waals surface area contributed by atoms with Crippen LogP contribution in [-0.4, -0.2) is 33.7 Å². The van der Waals surface area contributed by atoms with Gasteiger partial charge in [0.2, 0.25) is 0 Å². The molecule has 0 bridgehead atoms. The van der Waals surface area contributed by atoms with E-state index in [4.69, 9.17) is 9.84 Å². The molecule has 2 aromatic rings. The molecule has 2 rings (SSSR count). The zero-order chi connectivity index (χ0) is 15.4. The lowest BCUT2D eigenvalue weighted by molar-refractivity contribution is -0.133. The fourth-order valence-electron chi connectivity index (χ4n) is 1.90. The summed E-state index contributed by atoms with van der Waals surface area (Å²) < 4.78 is 7.86. The van der Waals surface area contributed by atoms with Crippen LogP contribution in [0.2, 0.25) is 0 Å². The smallest absolute Gasteiger partial charge is 0.313 e. The summed E-state index contributed by atoms with van der Waals surface area (Å²) in [4.78, 5) is 10.8. The van der Waals surface area contributed by atoms with Crippen molar-refractivity contribution in [2.75, 3.05) is 12.9 Å². The molecule has 1 aromatic carbocycles.